The third kappa shape index (κ3) is 4.75. The van der Waals surface area contributed by atoms with Crippen molar-refractivity contribution < 1.29 is 9.47 Å². The minimum Gasteiger partial charge on any atom is -0.489 e. The Kier molecular flexibility index (Phi) is 6.58. The molecule has 0 unspecified atom stereocenters. The van der Waals surface area contributed by atoms with Crippen molar-refractivity contribution in [3.8, 4) is 11.5 Å². The molecule has 1 aliphatic heterocycles. The van der Waals surface area contributed by atoms with Crippen molar-refractivity contribution in [1.82, 2.24) is 5.32 Å². The van der Waals surface area contributed by atoms with E-state index in [1.165, 1.54) is 5.57 Å². The van der Waals surface area contributed by atoms with Gasteiger partial charge in [0, 0.05) is 13.0 Å². The monoisotopic (exact) mass is 353 g/mol. The largest absolute Gasteiger partial charge is 0.489 e. The average molecular weight is 354 g/mol. The molecule has 0 saturated heterocycles. The maximum Gasteiger partial charge on any atom is 0.175 e. The van der Waals surface area contributed by atoms with Crippen LogP contribution in [0.15, 0.2) is 22.2 Å². The summed E-state index contributed by atoms with van der Waals surface area (Å²) in [4.78, 5) is 0. The topological polar surface area (TPSA) is 30.5 Å². The standard InChI is InChI=1S/C17H24BrNO2/c1-3-6-19-12-13(4-2)9-14-10-15(18)17-16(11-14)20-7-5-8-21-17/h9-11,19H,3-8,12H2,1-2H3. The molecule has 1 aliphatic rings. The summed E-state index contributed by atoms with van der Waals surface area (Å²) in [7, 11) is 0. The Balaban J connectivity index is 2.19. The third-order valence-corrected chi connectivity index (χ3v) is 4.02. The molecule has 1 aromatic carbocycles. The Morgan fingerprint density at radius 2 is 2.10 bits per heavy atom. The molecule has 21 heavy (non-hydrogen) atoms. The van der Waals surface area contributed by atoms with Gasteiger partial charge in [0.25, 0.3) is 0 Å². The molecule has 4 heteroatoms. The number of rotatable bonds is 6. The van der Waals surface area contributed by atoms with Crippen molar-refractivity contribution in [3.63, 3.8) is 0 Å². The van der Waals surface area contributed by atoms with Gasteiger partial charge in [0.15, 0.2) is 11.5 Å². The van der Waals surface area contributed by atoms with Crippen molar-refractivity contribution in [2.24, 2.45) is 0 Å². The fourth-order valence-corrected chi connectivity index (χ4v) is 2.85. The highest BCUT2D eigenvalue weighted by Gasteiger charge is 2.14. The molecule has 0 aromatic heterocycles. The van der Waals surface area contributed by atoms with Gasteiger partial charge >= 0.3 is 0 Å². The minimum atomic E-state index is 0.710. The van der Waals surface area contributed by atoms with Crippen LogP contribution >= 0.6 is 15.9 Å². The molecule has 0 amide bonds. The lowest BCUT2D eigenvalue weighted by atomic mass is 10.1. The molecule has 0 saturated carbocycles. The Labute approximate surface area is 135 Å². The van der Waals surface area contributed by atoms with Gasteiger partial charge < -0.3 is 14.8 Å². The second-order valence-corrected chi connectivity index (χ2v) is 6.07. The van der Waals surface area contributed by atoms with Crippen LogP contribution in [0.4, 0.5) is 0 Å². The Hall–Kier alpha value is -1.00. The van der Waals surface area contributed by atoms with Crippen LogP contribution in [-0.2, 0) is 0 Å². The van der Waals surface area contributed by atoms with Crippen LogP contribution < -0.4 is 14.8 Å². The van der Waals surface area contributed by atoms with E-state index in [9.17, 15) is 0 Å². The summed E-state index contributed by atoms with van der Waals surface area (Å²) in [5.74, 6) is 1.66. The molecule has 1 aromatic rings. The maximum absolute atomic E-state index is 5.78. The third-order valence-electron chi connectivity index (χ3n) is 3.43. The van der Waals surface area contributed by atoms with Gasteiger partial charge in [0.2, 0.25) is 0 Å². The summed E-state index contributed by atoms with van der Waals surface area (Å²) < 4.78 is 12.5. The first-order valence-corrected chi connectivity index (χ1v) is 8.53. The van der Waals surface area contributed by atoms with Gasteiger partial charge in [0.05, 0.1) is 17.7 Å². The average Bonchev–Trinajstić information content (AvgIpc) is 2.72. The SMILES string of the molecule is CCCNCC(=Cc1cc(Br)c2c(c1)OCCCO2)CC. The van der Waals surface area contributed by atoms with Gasteiger partial charge in [-0.25, -0.2) is 0 Å². The number of benzene rings is 1. The van der Waals surface area contributed by atoms with Crippen molar-refractivity contribution in [2.75, 3.05) is 26.3 Å². The van der Waals surface area contributed by atoms with E-state index < -0.39 is 0 Å². The molecule has 0 fully saturated rings. The zero-order valence-electron chi connectivity index (χ0n) is 12.9. The molecule has 116 valence electrons. The number of ether oxygens (including phenoxy) is 2. The number of hydrogen-bond donors (Lipinski definition) is 1. The molecule has 0 atom stereocenters. The van der Waals surface area contributed by atoms with E-state index >= 15 is 0 Å². The first-order valence-electron chi connectivity index (χ1n) is 7.74. The van der Waals surface area contributed by atoms with Crippen LogP contribution in [0.5, 0.6) is 11.5 Å². The van der Waals surface area contributed by atoms with Crippen molar-refractivity contribution in [1.29, 1.82) is 0 Å². The normalized spacial score (nSPS) is 14.9. The summed E-state index contributed by atoms with van der Waals surface area (Å²) in [6, 6.07) is 4.17. The smallest absolute Gasteiger partial charge is 0.175 e. The molecule has 1 heterocycles. The van der Waals surface area contributed by atoms with Gasteiger partial charge in [-0.15, -0.1) is 0 Å². The number of nitrogens with one attached hydrogen (secondary N) is 1. The fourth-order valence-electron chi connectivity index (χ4n) is 2.27. The van der Waals surface area contributed by atoms with Crippen molar-refractivity contribution >= 4 is 22.0 Å². The Bertz CT molecular complexity index is 500. The van der Waals surface area contributed by atoms with Gasteiger partial charge in [-0.2, -0.15) is 0 Å². The molecule has 0 bridgehead atoms. The van der Waals surface area contributed by atoms with Crippen LogP contribution in [0.1, 0.15) is 38.7 Å². The van der Waals surface area contributed by atoms with Gasteiger partial charge in [-0.3, -0.25) is 0 Å². The first kappa shape index (κ1) is 16.4. The van der Waals surface area contributed by atoms with Crippen LogP contribution in [0.25, 0.3) is 6.08 Å². The predicted octanol–water partition coefficient (Wildman–Crippen LogP) is 4.40. The molecule has 0 spiro atoms. The van der Waals surface area contributed by atoms with E-state index in [2.05, 4.69) is 53.3 Å². The summed E-state index contributed by atoms with van der Waals surface area (Å²) in [5, 5.41) is 3.46. The zero-order chi connectivity index (χ0) is 15.1. The highest BCUT2D eigenvalue weighted by atomic mass is 79.9. The molecule has 2 rings (SSSR count). The predicted molar refractivity (Wildman–Crippen MR) is 91.2 cm³/mol. The van der Waals surface area contributed by atoms with E-state index in [0.717, 1.165) is 53.9 Å². The zero-order valence-corrected chi connectivity index (χ0v) is 14.5. The lowest BCUT2D eigenvalue weighted by molar-refractivity contribution is 0.296. The quantitative estimate of drug-likeness (QED) is 0.768. The molecule has 0 aliphatic carbocycles. The van der Waals surface area contributed by atoms with Crippen LogP contribution in [-0.4, -0.2) is 26.3 Å². The molecule has 0 radical (unpaired) electrons. The van der Waals surface area contributed by atoms with E-state index in [1.807, 2.05) is 0 Å². The van der Waals surface area contributed by atoms with Crippen molar-refractivity contribution in [3.05, 3.63) is 27.7 Å². The van der Waals surface area contributed by atoms with Gasteiger partial charge in [0.1, 0.15) is 0 Å². The molecule has 1 N–H and O–H groups in total. The van der Waals surface area contributed by atoms with Crippen LogP contribution in [0.3, 0.4) is 0 Å². The van der Waals surface area contributed by atoms with E-state index in [-0.39, 0.29) is 0 Å². The molecular formula is C17H24BrNO2. The van der Waals surface area contributed by atoms with E-state index in [0.29, 0.717) is 13.2 Å². The lowest BCUT2D eigenvalue weighted by Gasteiger charge is -2.11. The van der Waals surface area contributed by atoms with E-state index in [1.54, 1.807) is 0 Å². The highest BCUT2D eigenvalue weighted by molar-refractivity contribution is 9.10. The van der Waals surface area contributed by atoms with Gasteiger partial charge in [-0.05, 0) is 53.0 Å². The second-order valence-electron chi connectivity index (χ2n) is 5.21. The molecular weight excluding hydrogens is 330 g/mol. The number of hydrogen-bond acceptors (Lipinski definition) is 3. The fraction of sp³-hybridized carbons (Fsp3) is 0.529. The highest BCUT2D eigenvalue weighted by Crippen LogP contribution is 2.38. The lowest BCUT2D eigenvalue weighted by Crippen LogP contribution is -2.17. The summed E-state index contributed by atoms with van der Waals surface area (Å²) >= 11 is 3.59. The molecule has 3 nitrogen and oxygen atoms in total. The van der Waals surface area contributed by atoms with Crippen LogP contribution in [0, 0.1) is 0 Å². The van der Waals surface area contributed by atoms with Crippen LogP contribution in [0.2, 0.25) is 0 Å². The summed E-state index contributed by atoms with van der Waals surface area (Å²) in [6.07, 6.45) is 5.37. The number of halogens is 1. The first-order chi connectivity index (χ1) is 10.2. The van der Waals surface area contributed by atoms with Crippen molar-refractivity contribution in [2.45, 2.75) is 33.1 Å². The van der Waals surface area contributed by atoms with Gasteiger partial charge in [-0.1, -0.05) is 25.5 Å². The summed E-state index contributed by atoms with van der Waals surface area (Å²) in [6.45, 7) is 7.80. The second kappa shape index (κ2) is 8.44. The Morgan fingerprint density at radius 1 is 1.29 bits per heavy atom. The minimum absolute atomic E-state index is 0.710. The van der Waals surface area contributed by atoms with E-state index in [4.69, 9.17) is 9.47 Å². The Morgan fingerprint density at radius 3 is 2.86 bits per heavy atom. The number of fused-ring (bicyclic) bond motifs is 1. The summed E-state index contributed by atoms with van der Waals surface area (Å²) in [5.41, 5.74) is 2.55. The maximum atomic E-state index is 5.78.